The summed E-state index contributed by atoms with van der Waals surface area (Å²) < 4.78 is 5.31. The van der Waals surface area contributed by atoms with Crippen molar-refractivity contribution in [3.05, 3.63) is 11.7 Å². The highest BCUT2D eigenvalue weighted by atomic mass is 16.5. The Balaban J connectivity index is 1.99. The normalized spacial score (nSPS) is 22.3. The highest BCUT2D eigenvalue weighted by molar-refractivity contribution is 4.93. The molecule has 0 aromatic carbocycles. The first-order valence-corrected chi connectivity index (χ1v) is 5.96. The quantitative estimate of drug-likeness (QED) is 0.839. The summed E-state index contributed by atoms with van der Waals surface area (Å²) >= 11 is 0. The molecular formula is C11H20N4O. The van der Waals surface area contributed by atoms with Crippen molar-refractivity contribution in [1.82, 2.24) is 20.4 Å². The van der Waals surface area contributed by atoms with E-state index in [4.69, 9.17) is 4.52 Å². The van der Waals surface area contributed by atoms with E-state index in [1.807, 2.05) is 19.0 Å². The molecule has 1 fully saturated rings. The molecule has 1 aliphatic rings. The Bertz CT molecular complexity index is 316. The van der Waals surface area contributed by atoms with Gasteiger partial charge in [-0.25, -0.2) is 0 Å². The summed E-state index contributed by atoms with van der Waals surface area (Å²) in [5.74, 6) is 1.52. The summed E-state index contributed by atoms with van der Waals surface area (Å²) in [5.41, 5.74) is 0. The molecule has 90 valence electrons. The highest BCUT2D eigenvalue weighted by Gasteiger charge is 2.19. The van der Waals surface area contributed by atoms with Crippen molar-refractivity contribution in [2.24, 2.45) is 0 Å². The van der Waals surface area contributed by atoms with Crippen LogP contribution in [0.5, 0.6) is 0 Å². The number of aromatic nitrogens is 2. The van der Waals surface area contributed by atoms with Gasteiger partial charge in [-0.1, -0.05) is 18.0 Å². The second-order valence-corrected chi connectivity index (χ2v) is 4.64. The topological polar surface area (TPSA) is 54.2 Å². The highest BCUT2D eigenvalue weighted by Crippen LogP contribution is 2.21. The standard InChI is InChI=1S/C11H20N4O/c1-15(2)8-10-13-11(16-14-10)9-6-4-3-5-7-12-9/h9,12H,3-8H2,1-2H3. The third-order valence-electron chi connectivity index (χ3n) is 2.80. The average Bonchev–Trinajstić information content (AvgIpc) is 2.53. The van der Waals surface area contributed by atoms with Crippen LogP contribution in [0, 0.1) is 0 Å². The molecule has 1 aromatic heterocycles. The molecule has 0 aliphatic carbocycles. The molecule has 16 heavy (non-hydrogen) atoms. The van der Waals surface area contributed by atoms with E-state index in [0.29, 0.717) is 0 Å². The molecule has 5 heteroatoms. The van der Waals surface area contributed by atoms with Gasteiger partial charge in [0.15, 0.2) is 5.82 Å². The molecule has 1 unspecified atom stereocenters. The van der Waals surface area contributed by atoms with Crippen LogP contribution in [0.2, 0.25) is 0 Å². The van der Waals surface area contributed by atoms with E-state index in [1.54, 1.807) is 0 Å². The monoisotopic (exact) mass is 224 g/mol. The second-order valence-electron chi connectivity index (χ2n) is 4.64. The van der Waals surface area contributed by atoms with Gasteiger partial charge in [-0.2, -0.15) is 4.98 Å². The van der Waals surface area contributed by atoms with E-state index in [2.05, 4.69) is 15.5 Å². The van der Waals surface area contributed by atoms with Gasteiger partial charge in [0.2, 0.25) is 5.89 Å². The average molecular weight is 224 g/mol. The van der Waals surface area contributed by atoms with Crippen molar-refractivity contribution >= 4 is 0 Å². The lowest BCUT2D eigenvalue weighted by atomic mass is 10.1. The van der Waals surface area contributed by atoms with Crippen LogP contribution in [0.15, 0.2) is 4.52 Å². The van der Waals surface area contributed by atoms with Crippen LogP contribution in [0.3, 0.4) is 0 Å². The van der Waals surface area contributed by atoms with Crippen molar-refractivity contribution < 1.29 is 4.52 Å². The number of nitrogens with zero attached hydrogens (tertiary/aromatic N) is 3. The Morgan fingerprint density at radius 2 is 2.25 bits per heavy atom. The van der Waals surface area contributed by atoms with E-state index in [0.717, 1.165) is 31.2 Å². The number of hydrogen-bond acceptors (Lipinski definition) is 5. The van der Waals surface area contributed by atoms with Crippen LogP contribution in [-0.2, 0) is 6.54 Å². The lowest BCUT2D eigenvalue weighted by Crippen LogP contribution is -2.20. The van der Waals surface area contributed by atoms with Crippen molar-refractivity contribution in [2.45, 2.75) is 38.3 Å². The van der Waals surface area contributed by atoms with Gasteiger partial charge in [-0.3, -0.25) is 0 Å². The van der Waals surface area contributed by atoms with Gasteiger partial charge in [0, 0.05) is 0 Å². The molecule has 2 rings (SSSR count). The third kappa shape index (κ3) is 3.02. The minimum absolute atomic E-state index is 0.255. The molecule has 0 spiro atoms. The van der Waals surface area contributed by atoms with Gasteiger partial charge >= 0.3 is 0 Å². The molecule has 0 radical (unpaired) electrons. The van der Waals surface area contributed by atoms with E-state index in [1.165, 1.54) is 19.3 Å². The third-order valence-corrected chi connectivity index (χ3v) is 2.80. The molecule has 0 amide bonds. The summed E-state index contributed by atoms with van der Waals surface area (Å²) in [4.78, 5) is 6.47. The van der Waals surface area contributed by atoms with Gasteiger partial charge in [0.1, 0.15) is 0 Å². The fourth-order valence-electron chi connectivity index (χ4n) is 2.00. The van der Waals surface area contributed by atoms with Crippen molar-refractivity contribution in [3.8, 4) is 0 Å². The Kier molecular flexibility index (Phi) is 3.90. The first-order chi connectivity index (χ1) is 7.75. The Labute approximate surface area is 96.2 Å². The van der Waals surface area contributed by atoms with Crippen molar-refractivity contribution in [3.63, 3.8) is 0 Å². The summed E-state index contributed by atoms with van der Waals surface area (Å²) in [6.07, 6.45) is 4.88. The van der Waals surface area contributed by atoms with E-state index in [-0.39, 0.29) is 6.04 Å². The fourth-order valence-corrected chi connectivity index (χ4v) is 2.00. The minimum atomic E-state index is 0.255. The van der Waals surface area contributed by atoms with Crippen LogP contribution in [0.1, 0.15) is 43.4 Å². The van der Waals surface area contributed by atoms with Crippen LogP contribution < -0.4 is 5.32 Å². The molecule has 1 saturated heterocycles. The fraction of sp³-hybridized carbons (Fsp3) is 0.818. The first-order valence-electron chi connectivity index (χ1n) is 5.96. The molecule has 1 N–H and O–H groups in total. The number of rotatable bonds is 3. The maximum absolute atomic E-state index is 5.31. The largest absolute Gasteiger partial charge is 0.338 e. The molecule has 1 aromatic rings. The van der Waals surface area contributed by atoms with E-state index in [9.17, 15) is 0 Å². The molecule has 1 aliphatic heterocycles. The lowest BCUT2D eigenvalue weighted by molar-refractivity contribution is 0.317. The van der Waals surface area contributed by atoms with Crippen LogP contribution >= 0.6 is 0 Å². The van der Waals surface area contributed by atoms with Crippen molar-refractivity contribution in [2.75, 3.05) is 20.6 Å². The summed E-state index contributed by atoms with van der Waals surface area (Å²) in [7, 11) is 4.00. The minimum Gasteiger partial charge on any atom is -0.338 e. The molecular weight excluding hydrogens is 204 g/mol. The van der Waals surface area contributed by atoms with Crippen LogP contribution in [-0.4, -0.2) is 35.7 Å². The predicted molar refractivity (Wildman–Crippen MR) is 60.9 cm³/mol. The maximum atomic E-state index is 5.31. The zero-order chi connectivity index (χ0) is 11.4. The van der Waals surface area contributed by atoms with E-state index < -0.39 is 0 Å². The first kappa shape index (κ1) is 11.5. The number of hydrogen-bond donors (Lipinski definition) is 1. The predicted octanol–water partition coefficient (Wildman–Crippen LogP) is 1.34. The van der Waals surface area contributed by atoms with Gasteiger partial charge in [-0.15, -0.1) is 0 Å². The van der Waals surface area contributed by atoms with Crippen LogP contribution in [0.4, 0.5) is 0 Å². The molecule has 0 saturated carbocycles. The summed E-state index contributed by atoms with van der Waals surface area (Å²) in [5, 5.41) is 7.45. The zero-order valence-corrected chi connectivity index (χ0v) is 10.1. The number of nitrogens with one attached hydrogen (secondary N) is 1. The second kappa shape index (κ2) is 5.41. The summed E-state index contributed by atoms with van der Waals surface area (Å²) in [6, 6.07) is 0.255. The Morgan fingerprint density at radius 1 is 1.38 bits per heavy atom. The lowest BCUT2D eigenvalue weighted by Gasteiger charge is -2.09. The van der Waals surface area contributed by atoms with Crippen molar-refractivity contribution in [1.29, 1.82) is 0 Å². The molecule has 1 atom stereocenters. The zero-order valence-electron chi connectivity index (χ0n) is 10.1. The maximum Gasteiger partial charge on any atom is 0.243 e. The van der Waals surface area contributed by atoms with Gasteiger partial charge < -0.3 is 14.7 Å². The van der Waals surface area contributed by atoms with Gasteiger partial charge in [0.25, 0.3) is 0 Å². The van der Waals surface area contributed by atoms with Gasteiger partial charge in [0.05, 0.1) is 12.6 Å². The summed E-state index contributed by atoms with van der Waals surface area (Å²) in [6.45, 7) is 1.78. The van der Waals surface area contributed by atoms with Gasteiger partial charge in [-0.05, 0) is 33.5 Å². The Hall–Kier alpha value is -0.940. The molecule has 5 nitrogen and oxygen atoms in total. The van der Waals surface area contributed by atoms with Crippen LogP contribution in [0.25, 0.3) is 0 Å². The SMILES string of the molecule is CN(C)Cc1noc(C2CCCCCN2)n1. The smallest absolute Gasteiger partial charge is 0.243 e. The Morgan fingerprint density at radius 3 is 3.06 bits per heavy atom. The molecule has 0 bridgehead atoms. The van der Waals surface area contributed by atoms with E-state index >= 15 is 0 Å². The molecule has 2 heterocycles.